The Morgan fingerprint density at radius 2 is 2.11 bits per heavy atom. The molecular weight excluding hydrogens is 244 g/mol. The molecule has 0 radical (unpaired) electrons. The van der Waals surface area contributed by atoms with Crippen molar-refractivity contribution in [1.29, 1.82) is 0 Å². The molecule has 0 amide bonds. The van der Waals surface area contributed by atoms with E-state index in [2.05, 4.69) is 17.0 Å². The van der Waals surface area contributed by atoms with Crippen molar-refractivity contribution in [2.45, 2.75) is 51.0 Å². The van der Waals surface area contributed by atoms with Gasteiger partial charge in [0.25, 0.3) is 0 Å². The SMILES string of the molecule is ClCC1CCCCCN1c1ccc2c(n1)CCC2. The molecule has 98 valence electrons. The second kappa shape index (κ2) is 5.48. The van der Waals surface area contributed by atoms with E-state index in [1.807, 2.05) is 0 Å². The number of nitrogens with zero attached hydrogens (tertiary/aromatic N) is 2. The Bertz CT molecular complexity index is 419. The van der Waals surface area contributed by atoms with E-state index in [1.54, 1.807) is 0 Å². The highest BCUT2D eigenvalue weighted by molar-refractivity contribution is 6.18. The zero-order valence-corrected chi connectivity index (χ0v) is 11.6. The van der Waals surface area contributed by atoms with E-state index in [-0.39, 0.29) is 0 Å². The van der Waals surface area contributed by atoms with Crippen LogP contribution in [0, 0.1) is 0 Å². The number of halogens is 1. The molecule has 3 rings (SSSR count). The number of hydrogen-bond acceptors (Lipinski definition) is 2. The topological polar surface area (TPSA) is 16.1 Å². The molecule has 1 atom stereocenters. The first-order valence-electron chi connectivity index (χ1n) is 7.20. The second-order valence-electron chi connectivity index (χ2n) is 5.48. The third kappa shape index (κ3) is 2.35. The smallest absolute Gasteiger partial charge is 0.129 e. The molecule has 2 aliphatic rings. The van der Waals surface area contributed by atoms with Crippen molar-refractivity contribution in [3.8, 4) is 0 Å². The molecule has 1 fully saturated rings. The fraction of sp³-hybridized carbons (Fsp3) is 0.667. The zero-order valence-electron chi connectivity index (χ0n) is 10.9. The van der Waals surface area contributed by atoms with Crippen LogP contribution in [0.1, 0.15) is 43.4 Å². The normalized spacial score (nSPS) is 23.8. The maximum atomic E-state index is 6.15. The summed E-state index contributed by atoms with van der Waals surface area (Å²) in [6, 6.07) is 4.96. The summed E-state index contributed by atoms with van der Waals surface area (Å²) < 4.78 is 0. The molecule has 0 N–H and O–H groups in total. The Balaban J connectivity index is 1.87. The van der Waals surface area contributed by atoms with Gasteiger partial charge in [0.05, 0.1) is 0 Å². The van der Waals surface area contributed by atoms with E-state index in [0.717, 1.165) is 24.7 Å². The minimum atomic E-state index is 0.473. The summed E-state index contributed by atoms with van der Waals surface area (Å²) in [6.45, 7) is 1.11. The predicted octanol–water partition coefficient (Wildman–Crippen LogP) is 3.56. The number of hydrogen-bond donors (Lipinski definition) is 0. The molecule has 0 spiro atoms. The summed E-state index contributed by atoms with van der Waals surface area (Å²) in [4.78, 5) is 7.33. The van der Waals surface area contributed by atoms with Crippen molar-refractivity contribution in [2.24, 2.45) is 0 Å². The third-order valence-electron chi connectivity index (χ3n) is 4.26. The van der Waals surface area contributed by atoms with Crippen LogP contribution in [0.4, 0.5) is 5.82 Å². The summed E-state index contributed by atoms with van der Waals surface area (Å²) >= 11 is 6.15. The number of fused-ring (bicyclic) bond motifs is 1. The summed E-state index contributed by atoms with van der Waals surface area (Å²) in [5, 5.41) is 0. The number of aryl methyl sites for hydroxylation is 2. The molecular formula is C15H21ClN2. The molecule has 1 aromatic heterocycles. The molecule has 1 aliphatic carbocycles. The van der Waals surface area contributed by atoms with E-state index >= 15 is 0 Å². The summed E-state index contributed by atoms with van der Waals surface area (Å²) in [5.74, 6) is 1.88. The van der Waals surface area contributed by atoms with Crippen molar-refractivity contribution >= 4 is 17.4 Å². The minimum Gasteiger partial charge on any atom is -0.352 e. The standard InChI is InChI=1S/C15H21ClN2/c16-11-13-6-2-1-3-10-18(13)15-9-8-12-5-4-7-14(12)17-15/h8-9,13H,1-7,10-11H2. The molecule has 1 aliphatic heterocycles. The van der Waals surface area contributed by atoms with Crippen LogP contribution in [0.5, 0.6) is 0 Å². The number of aromatic nitrogens is 1. The molecule has 2 heterocycles. The van der Waals surface area contributed by atoms with Gasteiger partial charge in [-0.05, 0) is 43.7 Å². The van der Waals surface area contributed by atoms with Crippen LogP contribution in [-0.2, 0) is 12.8 Å². The van der Waals surface area contributed by atoms with E-state index in [1.165, 1.54) is 49.8 Å². The number of rotatable bonds is 2. The van der Waals surface area contributed by atoms with Gasteiger partial charge >= 0.3 is 0 Å². The third-order valence-corrected chi connectivity index (χ3v) is 4.62. The Morgan fingerprint density at radius 3 is 3.00 bits per heavy atom. The average Bonchev–Trinajstić information content (AvgIpc) is 2.74. The number of anilines is 1. The Labute approximate surface area is 114 Å². The van der Waals surface area contributed by atoms with Crippen LogP contribution in [0.2, 0.25) is 0 Å². The molecule has 3 heteroatoms. The van der Waals surface area contributed by atoms with E-state index in [9.17, 15) is 0 Å². The maximum Gasteiger partial charge on any atom is 0.129 e. The first-order chi connectivity index (χ1) is 8.88. The Morgan fingerprint density at radius 1 is 1.17 bits per heavy atom. The molecule has 18 heavy (non-hydrogen) atoms. The highest BCUT2D eigenvalue weighted by Gasteiger charge is 2.22. The van der Waals surface area contributed by atoms with Crippen LogP contribution in [0.15, 0.2) is 12.1 Å². The summed E-state index contributed by atoms with van der Waals surface area (Å²) in [6.07, 6.45) is 8.75. The fourth-order valence-electron chi connectivity index (χ4n) is 3.21. The molecule has 2 nitrogen and oxygen atoms in total. The number of pyridine rings is 1. The maximum absolute atomic E-state index is 6.15. The van der Waals surface area contributed by atoms with E-state index in [0.29, 0.717) is 6.04 Å². The van der Waals surface area contributed by atoms with Crippen molar-refractivity contribution < 1.29 is 0 Å². The Hall–Kier alpha value is -0.760. The van der Waals surface area contributed by atoms with Gasteiger partial charge in [0.2, 0.25) is 0 Å². The predicted molar refractivity (Wildman–Crippen MR) is 76.6 cm³/mol. The van der Waals surface area contributed by atoms with Crippen molar-refractivity contribution in [2.75, 3.05) is 17.3 Å². The lowest BCUT2D eigenvalue weighted by Crippen LogP contribution is -2.36. The highest BCUT2D eigenvalue weighted by Crippen LogP contribution is 2.27. The van der Waals surface area contributed by atoms with Gasteiger partial charge in [-0.3, -0.25) is 0 Å². The summed E-state index contributed by atoms with van der Waals surface area (Å²) in [7, 11) is 0. The van der Waals surface area contributed by atoms with Crippen molar-refractivity contribution in [3.63, 3.8) is 0 Å². The zero-order chi connectivity index (χ0) is 12.4. The molecule has 1 unspecified atom stereocenters. The molecule has 1 aromatic rings. The van der Waals surface area contributed by atoms with Gasteiger partial charge in [-0.15, -0.1) is 11.6 Å². The monoisotopic (exact) mass is 264 g/mol. The van der Waals surface area contributed by atoms with E-state index < -0.39 is 0 Å². The highest BCUT2D eigenvalue weighted by atomic mass is 35.5. The van der Waals surface area contributed by atoms with Gasteiger partial charge in [0, 0.05) is 24.2 Å². The lowest BCUT2D eigenvalue weighted by Gasteiger charge is -2.30. The van der Waals surface area contributed by atoms with Crippen LogP contribution in [0.3, 0.4) is 0 Å². The van der Waals surface area contributed by atoms with Gasteiger partial charge in [-0.2, -0.15) is 0 Å². The van der Waals surface area contributed by atoms with E-state index in [4.69, 9.17) is 16.6 Å². The quantitative estimate of drug-likeness (QED) is 0.760. The van der Waals surface area contributed by atoms with Crippen LogP contribution < -0.4 is 4.90 Å². The van der Waals surface area contributed by atoms with Crippen molar-refractivity contribution in [1.82, 2.24) is 4.98 Å². The first kappa shape index (κ1) is 12.3. The summed E-state index contributed by atoms with van der Waals surface area (Å²) in [5.41, 5.74) is 2.78. The first-order valence-corrected chi connectivity index (χ1v) is 7.73. The molecule has 0 bridgehead atoms. The van der Waals surface area contributed by atoms with Crippen molar-refractivity contribution in [3.05, 3.63) is 23.4 Å². The van der Waals surface area contributed by atoms with Gasteiger partial charge in [-0.25, -0.2) is 4.98 Å². The van der Waals surface area contributed by atoms with Gasteiger partial charge in [0.1, 0.15) is 5.82 Å². The van der Waals surface area contributed by atoms with Gasteiger partial charge in [0.15, 0.2) is 0 Å². The molecule has 0 aromatic carbocycles. The average molecular weight is 265 g/mol. The molecule has 1 saturated heterocycles. The van der Waals surface area contributed by atoms with Gasteiger partial charge < -0.3 is 4.90 Å². The van der Waals surface area contributed by atoms with Crippen LogP contribution in [-0.4, -0.2) is 23.5 Å². The largest absolute Gasteiger partial charge is 0.352 e. The second-order valence-corrected chi connectivity index (χ2v) is 5.79. The lowest BCUT2D eigenvalue weighted by atomic mass is 10.1. The number of alkyl halides is 1. The van der Waals surface area contributed by atoms with Gasteiger partial charge in [-0.1, -0.05) is 18.9 Å². The molecule has 0 saturated carbocycles. The fourth-order valence-corrected chi connectivity index (χ4v) is 3.53. The van der Waals surface area contributed by atoms with Crippen LogP contribution >= 0.6 is 11.6 Å². The van der Waals surface area contributed by atoms with Crippen LogP contribution in [0.25, 0.3) is 0 Å². The lowest BCUT2D eigenvalue weighted by molar-refractivity contribution is 0.615. The minimum absolute atomic E-state index is 0.473. The Kier molecular flexibility index (Phi) is 3.74.